The molecule has 21 heavy (non-hydrogen) atoms. The summed E-state index contributed by atoms with van der Waals surface area (Å²) in [5, 5.41) is 0. The quantitative estimate of drug-likeness (QED) is 0.687. The van der Waals surface area contributed by atoms with Crippen molar-refractivity contribution in [2.75, 3.05) is 33.9 Å². The van der Waals surface area contributed by atoms with Crippen LogP contribution in [-0.2, 0) is 14.3 Å². The van der Waals surface area contributed by atoms with Crippen LogP contribution in [0.5, 0.6) is 0 Å². The number of likely N-dealkylation sites (N-methyl/N-ethyl adjacent to an activating group) is 1. The monoisotopic (exact) mass is 314 g/mol. The molecule has 0 aromatic rings. The van der Waals surface area contributed by atoms with Gasteiger partial charge in [-0.3, -0.25) is 9.59 Å². The number of rotatable bonds is 6. The van der Waals surface area contributed by atoms with Crippen LogP contribution < -0.4 is 0 Å². The van der Waals surface area contributed by atoms with Crippen LogP contribution in [0.3, 0.4) is 0 Å². The molecule has 0 radical (unpaired) electrons. The van der Waals surface area contributed by atoms with Gasteiger partial charge in [-0.05, 0) is 12.8 Å². The number of hydrogen-bond acceptors (Lipinski definition) is 3. The van der Waals surface area contributed by atoms with Gasteiger partial charge in [-0.15, -0.1) is 0 Å². The second kappa shape index (κ2) is 7.06. The molecule has 1 saturated heterocycles. The molecule has 0 saturated carbocycles. The second-order valence-electron chi connectivity index (χ2n) is 5.03. The zero-order valence-electron chi connectivity index (χ0n) is 11.8. The molecule has 0 aliphatic carbocycles. The number of alkyl halides is 4. The minimum absolute atomic E-state index is 0.265. The zero-order chi connectivity index (χ0) is 16.2. The average Bonchev–Trinajstić information content (AvgIpc) is 2.86. The third-order valence-electron chi connectivity index (χ3n) is 3.14. The zero-order valence-corrected chi connectivity index (χ0v) is 11.8. The molecular weight excluding hydrogens is 296 g/mol. The summed E-state index contributed by atoms with van der Waals surface area (Å²) in [6.45, 7) is -1.96. The van der Waals surface area contributed by atoms with Gasteiger partial charge < -0.3 is 14.5 Å². The summed E-state index contributed by atoms with van der Waals surface area (Å²) in [4.78, 5) is 26.3. The summed E-state index contributed by atoms with van der Waals surface area (Å²) >= 11 is 0. The third-order valence-corrected chi connectivity index (χ3v) is 3.14. The Balaban J connectivity index is 2.50. The Hall–Kier alpha value is -1.38. The highest BCUT2D eigenvalue weighted by Gasteiger charge is 2.41. The summed E-state index contributed by atoms with van der Waals surface area (Å²) in [6, 6.07) is -0.647. The van der Waals surface area contributed by atoms with Crippen LogP contribution in [0.1, 0.15) is 12.8 Å². The molecule has 1 unspecified atom stereocenters. The number of carbonyl (C=O) groups is 2. The van der Waals surface area contributed by atoms with Crippen molar-refractivity contribution in [2.45, 2.75) is 31.2 Å². The summed E-state index contributed by atoms with van der Waals surface area (Å²) < 4.78 is 53.5. The van der Waals surface area contributed by atoms with Crippen LogP contribution in [0, 0.1) is 0 Å². The van der Waals surface area contributed by atoms with Crippen molar-refractivity contribution in [3.8, 4) is 0 Å². The number of halogens is 4. The van der Waals surface area contributed by atoms with E-state index in [9.17, 15) is 27.2 Å². The van der Waals surface area contributed by atoms with Gasteiger partial charge in [-0.25, -0.2) is 8.78 Å². The van der Waals surface area contributed by atoms with Gasteiger partial charge >= 0.3 is 12.3 Å². The molecule has 0 bridgehead atoms. The fourth-order valence-corrected chi connectivity index (χ4v) is 2.04. The van der Waals surface area contributed by atoms with E-state index in [1.165, 1.54) is 9.80 Å². The maximum atomic E-state index is 12.6. The highest BCUT2D eigenvalue weighted by molar-refractivity contribution is 5.88. The molecule has 9 heteroatoms. The number of ether oxygens (including phenoxy) is 1. The summed E-state index contributed by atoms with van der Waals surface area (Å²) in [7, 11) is 3.09. The first-order valence-corrected chi connectivity index (χ1v) is 6.41. The predicted octanol–water partition coefficient (Wildman–Crippen LogP) is 0.983. The molecule has 1 heterocycles. The lowest BCUT2D eigenvalue weighted by Crippen LogP contribution is -2.47. The largest absolute Gasteiger partial charge is 0.365 e. The molecule has 122 valence electrons. The Morgan fingerprint density at radius 1 is 1.38 bits per heavy atom. The van der Waals surface area contributed by atoms with Crippen molar-refractivity contribution in [1.82, 2.24) is 9.80 Å². The Kier molecular flexibility index (Phi) is 5.94. The van der Waals surface area contributed by atoms with E-state index in [1.54, 1.807) is 14.1 Å². The first-order chi connectivity index (χ1) is 9.66. The van der Waals surface area contributed by atoms with Crippen molar-refractivity contribution < 1.29 is 31.9 Å². The topological polar surface area (TPSA) is 49.9 Å². The summed E-state index contributed by atoms with van der Waals surface area (Å²) in [6.07, 6.45) is -2.75. The number of likely N-dealkylation sites (tertiary alicyclic amines) is 1. The predicted molar refractivity (Wildman–Crippen MR) is 65.2 cm³/mol. The van der Waals surface area contributed by atoms with Crippen LogP contribution in [0.15, 0.2) is 0 Å². The van der Waals surface area contributed by atoms with Gasteiger partial charge in [-0.1, -0.05) is 0 Å². The maximum Gasteiger partial charge on any atom is 0.330 e. The summed E-state index contributed by atoms with van der Waals surface area (Å²) in [5.74, 6) is -5.21. The maximum absolute atomic E-state index is 12.6. The van der Waals surface area contributed by atoms with Gasteiger partial charge in [0.15, 0.2) is 0 Å². The van der Waals surface area contributed by atoms with E-state index in [2.05, 4.69) is 4.74 Å². The van der Waals surface area contributed by atoms with Gasteiger partial charge in [-0.2, -0.15) is 8.78 Å². The number of hydrogen-bond donors (Lipinski definition) is 0. The normalized spacial score (nSPS) is 19.2. The highest BCUT2D eigenvalue weighted by Crippen LogP contribution is 2.23. The molecule has 1 aliphatic heterocycles. The van der Waals surface area contributed by atoms with Gasteiger partial charge in [0.05, 0.1) is 0 Å². The average molecular weight is 314 g/mol. The highest BCUT2D eigenvalue weighted by atomic mass is 19.3. The SMILES string of the molecule is CN(C)C(=O)C1CCCN1C(=O)COCC(F)(F)C(F)F. The van der Waals surface area contributed by atoms with Crippen LogP contribution in [0.4, 0.5) is 17.6 Å². The second-order valence-corrected chi connectivity index (χ2v) is 5.03. The fourth-order valence-electron chi connectivity index (χ4n) is 2.04. The van der Waals surface area contributed by atoms with Crippen molar-refractivity contribution in [3.05, 3.63) is 0 Å². The lowest BCUT2D eigenvalue weighted by molar-refractivity contribution is -0.171. The smallest absolute Gasteiger partial charge is 0.330 e. The van der Waals surface area contributed by atoms with Crippen LogP contribution in [0.25, 0.3) is 0 Å². The van der Waals surface area contributed by atoms with Crippen LogP contribution in [0.2, 0.25) is 0 Å². The van der Waals surface area contributed by atoms with Crippen molar-refractivity contribution in [1.29, 1.82) is 0 Å². The molecule has 0 aromatic carbocycles. The van der Waals surface area contributed by atoms with Crippen LogP contribution >= 0.6 is 0 Å². The van der Waals surface area contributed by atoms with Crippen molar-refractivity contribution in [2.24, 2.45) is 0 Å². The molecule has 2 amide bonds. The third kappa shape index (κ3) is 4.55. The lowest BCUT2D eigenvalue weighted by Gasteiger charge is -2.26. The number of nitrogens with zero attached hydrogens (tertiary/aromatic N) is 2. The Bertz CT molecular complexity index is 391. The molecule has 0 N–H and O–H groups in total. The molecule has 1 aliphatic rings. The first kappa shape index (κ1) is 17.7. The molecule has 1 fully saturated rings. The van der Waals surface area contributed by atoms with E-state index in [-0.39, 0.29) is 5.91 Å². The Morgan fingerprint density at radius 3 is 2.52 bits per heavy atom. The molecule has 1 atom stereocenters. The fraction of sp³-hybridized carbons (Fsp3) is 0.833. The minimum atomic E-state index is -4.29. The first-order valence-electron chi connectivity index (χ1n) is 6.41. The Labute approximate surface area is 119 Å². The molecule has 5 nitrogen and oxygen atoms in total. The van der Waals surface area contributed by atoms with Gasteiger partial charge in [0, 0.05) is 20.6 Å². The lowest BCUT2D eigenvalue weighted by atomic mass is 10.2. The van der Waals surface area contributed by atoms with Gasteiger partial charge in [0.1, 0.15) is 19.3 Å². The van der Waals surface area contributed by atoms with Crippen LogP contribution in [-0.4, -0.2) is 73.9 Å². The molecule has 1 rings (SSSR count). The number of amides is 2. The van der Waals surface area contributed by atoms with E-state index in [0.717, 1.165) is 0 Å². The van der Waals surface area contributed by atoms with E-state index >= 15 is 0 Å². The van der Waals surface area contributed by atoms with E-state index in [0.29, 0.717) is 19.4 Å². The summed E-state index contributed by atoms with van der Waals surface area (Å²) in [5.41, 5.74) is 0. The number of carbonyl (C=O) groups excluding carboxylic acids is 2. The van der Waals surface area contributed by atoms with Crippen molar-refractivity contribution >= 4 is 11.8 Å². The van der Waals surface area contributed by atoms with Crippen molar-refractivity contribution in [3.63, 3.8) is 0 Å². The standard InChI is InChI=1S/C12H18F4N2O3/c1-17(2)10(20)8-4-3-5-18(8)9(19)6-21-7-12(15,16)11(13)14/h8,11H,3-7H2,1-2H3. The minimum Gasteiger partial charge on any atom is -0.365 e. The molecule has 0 spiro atoms. The van der Waals surface area contributed by atoms with E-state index in [4.69, 9.17) is 0 Å². The van der Waals surface area contributed by atoms with Gasteiger partial charge in [0.2, 0.25) is 11.8 Å². The van der Waals surface area contributed by atoms with E-state index < -0.39 is 37.5 Å². The molecule has 0 aromatic heterocycles. The Morgan fingerprint density at radius 2 is 2.00 bits per heavy atom. The van der Waals surface area contributed by atoms with E-state index in [1.807, 2.05) is 0 Å². The molecular formula is C12H18F4N2O3. The van der Waals surface area contributed by atoms with Gasteiger partial charge in [0.25, 0.3) is 0 Å².